The van der Waals surface area contributed by atoms with Crippen molar-refractivity contribution in [2.45, 2.75) is 26.1 Å². The fourth-order valence-electron chi connectivity index (χ4n) is 2.49. The third-order valence-corrected chi connectivity index (χ3v) is 9.59. The Kier molecular flexibility index (Phi) is 16.6. The van der Waals surface area contributed by atoms with E-state index >= 15 is 0 Å². The van der Waals surface area contributed by atoms with Crippen LogP contribution in [0.1, 0.15) is 42.7 Å². The van der Waals surface area contributed by atoms with Crippen LogP contribution in [0.5, 0.6) is 17.2 Å². The zero-order valence-electron chi connectivity index (χ0n) is 19.4. The number of aliphatic hydroxyl groups is 1. The van der Waals surface area contributed by atoms with E-state index in [2.05, 4.69) is 96.9 Å². The van der Waals surface area contributed by atoms with Crippen LogP contribution < -0.4 is 0 Å². The molecule has 196 valence electrons. The Morgan fingerprint density at radius 3 is 1.25 bits per heavy atom. The Balaban J connectivity index is 0.000000271. The molecule has 3 rings (SSSR count). The number of methoxy groups -OCH3 is 1. The van der Waals surface area contributed by atoms with Gasteiger partial charge in [-0.1, -0.05) is 12.7 Å². The van der Waals surface area contributed by atoms with E-state index < -0.39 is 6.10 Å². The maximum Gasteiger partial charge on any atom is 0.142 e. The van der Waals surface area contributed by atoms with Gasteiger partial charge in [0.15, 0.2) is 0 Å². The molecule has 0 spiro atoms. The maximum atomic E-state index is 9.53. The van der Waals surface area contributed by atoms with Crippen LogP contribution in [0.2, 0.25) is 0 Å². The molecule has 36 heavy (non-hydrogen) atoms. The van der Waals surface area contributed by atoms with Crippen molar-refractivity contribution in [3.63, 3.8) is 0 Å². The third kappa shape index (κ3) is 10.9. The third-order valence-electron chi connectivity index (χ3n) is 4.66. The molecule has 0 bridgehead atoms. The van der Waals surface area contributed by atoms with Gasteiger partial charge in [-0.2, -0.15) is 0 Å². The van der Waals surface area contributed by atoms with Crippen molar-refractivity contribution in [3.8, 4) is 17.2 Å². The second kappa shape index (κ2) is 17.0. The molecule has 3 aromatic rings. The van der Waals surface area contributed by atoms with E-state index in [1.54, 1.807) is 32.2 Å². The fourth-order valence-corrected chi connectivity index (χ4v) is 7.93. The predicted molar refractivity (Wildman–Crippen MR) is 197 cm³/mol. The molecule has 0 aliphatic heterocycles. The van der Waals surface area contributed by atoms with Gasteiger partial charge in [0.1, 0.15) is 17.2 Å². The Morgan fingerprint density at radius 2 is 0.972 bits per heavy atom. The summed E-state index contributed by atoms with van der Waals surface area (Å²) in [4.78, 5) is 0. The van der Waals surface area contributed by atoms with Crippen LogP contribution in [-0.4, -0.2) is 27.5 Å². The molecule has 11 heteroatoms. The van der Waals surface area contributed by atoms with E-state index in [0.717, 1.165) is 38.1 Å². The highest BCUT2D eigenvalue weighted by molar-refractivity contribution is 14.1. The summed E-state index contributed by atoms with van der Waals surface area (Å²) in [6.07, 6.45) is 1.36. The van der Waals surface area contributed by atoms with Crippen molar-refractivity contribution in [3.05, 3.63) is 81.1 Å². The molecule has 0 saturated carbocycles. The van der Waals surface area contributed by atoms with Crippen molar-refractivity contribution in [1.29, 1.82) is 0 Å². The number of phenolic OH excluding ortho intramolecular Hbond substituents is 3. The number of rotatable bonds is 4. The van der Waals surface area contributed by atoms with Crippen molar-refractivity contribution < 1.29 is 25.2 Å². The number of halogens is 6. The van der Waals surface area contributed by atoms with Crippen molar-refractivity contribution in [1.82, 2.24) is 0 Å². The Morgan fingerprint density at radius 1 is 0.667 bits per heavy atom. The van der Waals surface area contributed by atoms with E-state index in [0.29, 0.717) is 17.2 Å². The van der Waals surface area contributed by atoms with Gasteiger partial charge in [-0.25, -0.2) is 0 Å². The summed E-state index contributed by atoms with van der Waals surface area (Å²) in [6, 6.07) is 11.2. The minimum absolute atomic E-state index is 0.0719. The van der Waals surface area contributed by atoms with Gasteiger partial charge in [0.2, 0.25) is 0 Å². The van der Waals surface area contributed by atoms with Crippen molar-refractivity contribution in [2.75, 3.05) is 7.11 Å². The average Bonchev–Trinajstić information content (AvgIpc) is 2.83. The summed E-state index contributed by atoms with van der Waals surface area (Å²) in [7, 11) is 1.68. The predicted octanol–water partition coefficient (Wildman–Crippen LogP) is 9.21. The monoisotopic (exact) mass is 1170 g/mol. The first-order valence-electron chi connectivity index (χ1n) is 10.1. The van der Waals surface area contributed by atoms with Gasteiger partial charge < -0.3 is 25.2 Å². The zero-order chi connectivity index (χ0) is 27.7. The number of phenols is 3. The summed E-state index contributed by atoms with van der Waals surface area (Å²) in [6.45, 7) is 7.35. The number of aliphatic hydroxyl groups excluding tert-OH is 1. The minimum Gasteiger partial charge on any atom is -0.506 e. The highest BCUT2D eigenvalue weighted by Crippen LogP contribution is 2.31. The molecule has 2 unspecified atom stereocenters. The quantitative estimate of drug-likeness (QED) is 0.196. The lowest BCUT2D eigenvalue weighted by molar-refractivity contribution is 0.119. The molecule has 0 radical (unpaired) electrons. The lowest BCUT2D eigenvalue weighted by Gasteiger charge is -2.11. The normalized spacial score (nSPS) is 11.9. The van der Waals surface area contributed by atoms with Gasteiger partial charge in [-0.3, -0.25) is 0 Å². The molecule has 4 N–H and O–H groups in total. The van der Waals surface area contributed by atoms with Crippen LogP contribution in [-0.2, 0) is 4.74 Å². The molecule has 5 nitrogen and oxygen atoms in total. The Hall–Kier alpha value is 1.10. The van der Waals surface area contributed by atoms with Crippen LogP contribution in [0, 0.1) is 21.4 Å². The largest absolute Gasteiger partial charge is 0.506 e. The second-order valence-electron chi connectivity index (χ2n) is 7.26. The van der Waals surface area contributed by atoms with E-state index in [1.165, 1.54) is 0 Å². The van der Waals surface area contributed by atoms with Crippen molar-refractivity contribution >= 4 is 142 Å². The van der Waals surface area contributed by atoms with Crippen LogP contribution in [0.3, 0.4) is 0 Å². The molecule has 0 aliphatic rings. The summed E-state index contributed by atoms with van der Waals surface area (Å²) >= 11 is 12.5. The Labute approximate surface area is 293 Å². The molecular weight excluding hydrogens is 1140 g/mol. The summed E-state index contributed by atoms with van der Waals surface area (Å²) in [5.74, 6) is 1.01. The smallest absolute Gasteiger partial charge is 0.142 e. The van der Waals surface area contributed by atoms with Gasteiger partial charge in [-0.05, 0) is 202 Å². The van der Waals surface area contributed by atoms with E-state index in [1.807, 2.05) is 76.4 Å². The number of hydrogen-bond acceptors (Lipinski definition) is 5. The van der Waals surface area contributed by atoms with Gasteiger partial charge >= 0.3 is 0 Å². The summed E-state index contributed by atoms with van der Waals surface area (Å²) in [5.41, 5.74) is 2.97. The lowest BCUT2D eigenvalue weighted by Crippen LogP contribution is -1.97. The highest BCUT2D eigenvalue weighted by atomic mass is 127. The van der Waals surface area contributed by atoms with Gasteiger partial charge in [0, 0.05) is 7.11 Å². The SMILES string of the molecule is C=Cc1cc(I)c(O)c(I)c1.CC(O)c1cc(I)c(O)c(I)c1.COC(C)c1cc(I)c(O)c(I)c1. The van der Waals surface area contributed by atoms with Gasteiger partial charge in [0.05, 0.1) is 33.6 Å². The number of aromatic hydroxyl groups is 3. The first-order valence-corrected chi connectivity index (χ1v) is 16.6. The van der Waals surface area contributed by atoms with Crippen LogP contribution in [0.15, 0.2) is 43.0 Å². The first-order chi connectivity index (χ1) is 16.7. The molecular formula is C25H24I6O5. The lowest BCUT2D eigenvalue weighted by atomic mass is 10.1. The van der Waals surface area contributed by atoms with Gasteiger partial charge in [-0.15, -0.1) is 0 Å². The van der Waals surface area contributed by atoms with Crippen LogP contribution in [0.25, 0.3) is 6.08 Å². The van der Waals surface area contributed by atoms with E-state index in [4.69, 9.17) is 4.74 Å². The molecule has 0 saturated heterocycles. The molecule has 0 fully saturated rings. The number of hydrogen-bond donors (Lipinski definition) is 4. The van der Waals surface area contributed by atoms with Crippen molar-refractivity contribution in [2.24, 2.45) is 0 Å². The average molecular weight is 1170 g/mol. The molecule has 2 atom stereocenters. The topological polar surface area (TPSA) is 90.2 Å². The highest BCUT2D eigenvalue weighted by Gasteiger charge is 2.10. The Bertz CT molecular complexity index is 1130. The number of benzene rings is 3. The molecule has 0 aromatic heterocycles. The minimum atomic E-state index is -0.479. The summed E-state index contributed by atoms with van der Waals surface area (Å²) in [5, 5.41) is 37.6. The van der Waals surface area contributed by atoms with Crippen LogP contribution >= 0.6 is 136 Å². The summed E-state index contributed by atoms with van der Waals surface area (Å²) < 4.78 is 10.2. The molecule has 0 aliphatic carbocycles. The van der Waals surface area contributed by atoms with Gasteiger partial charge in [0.25, 0.3) is 0 Å². The zero-order valence-corrected chi connectivity index (χ0v) is 32.3. The number of ether oxygens (including phenoxy) is 1. The second-order valence-corrected chi connectivity index (χ2v) is 14.2. The first kappa shape index (κ1) is 35.1. The fraction of sp³-hybridized carbons (Fsp3) is 0.200. The van der Waals surface area contributed by atoms with E-state index in [9.17, 15) is 20.4 Å². The maximum absolute atomic E-state index is 9.53. The molecule has 0 amide bonds. The molecule has 0 heterocycles. The molecule has 3 aromatic carbocycles. The van der Waals surface area contributed by atoms with E-state index in [-0.39, 0.29) is 6.10 Å². The van der Waals surface area contributed by atoms with Crippen LogP contribution in [0.4, 0.5) is 0 Å². The standard InChI is InChI=1S/C9H10I2O2.C8H8I2O2.C8H6I2O/c1-5(13-2)6-3-7(10)9(12)8(11)4-6;1-4(11)5-2-6(9)8(12)7(10)3-5;1-2-5-3-6(9)8(11)7(10)4-5/h3-5,12H,1-2H3;2-4,11-12H,1H3;2-4,11H,1H2.